The van der Waals surface area contributed by atoms with Gasteiger partial charge in [-0.25, -0.2) is 4.98 Å². The molecule has 3 N–H and O–H groups in total. The number of hydrogen-bond acceptors (Lipinski definition) is 5. The molecular formula is C21H23N3O4. The average molecular weight is 381 g/mol. The van der Waals surface area contributed by atoms with Gasteiger partial charge in [-0.05, 0) is 36.3 Å². The van der Waals surface area contributed by atoms with Crippen LogP contribution >= 0.6 is 0 Å². The monoisotopic (exact) mass is 381 g/mol. The van der Waals surface area contributed by atoms with E-state index >= 15 is 0 Å². The lowest BCUT2D eigenvalue weighted by Crippen LogP contribution is -2.39. The summed E-state index contributed by atoms with van der Waals surface area (Å²) in [5, 5.41) is 10.8. The zero-order chi connectivity index (χ0) is 20.5. The fraction of sp³-hybridized carbons (Fsp3) is 0.286. The van der Waals surface area contributed by atoms with Crippen LogP contribution in [0.2, 0.25) is 0 Å². The van der Waals surface area contributed by atoms with E-state index in [4.69, 9.17) is 10.5 Å². The van der Waals surface area contributed by atoms with E-state index in [9.17, 15) is 14.7 Å². The summed E-state index contributed by atoms with van der Waals surface area (Å²) in [5.41, 5.74) is 6.58. The first kappa shape index (κ1) is 19.6. The number of aromatic nitrogens is 1. The number of ether oxygens (including phenoxy) is 1. The standard InChI is InChI=1S/C21H23N3O4/c1-13(21(27)9-10-24(2)20(21)26)11-14-5-4-6-15(12-14)18-17(28-3)8-7-16(23-18)19(22)25/h4-8,11-12,27H,9-10H2,1-3H3,(H2,22,25). The Labute approximate surface area is 163 Å². The number of methoxy groups -OCH3 is 1. The number of aliphatic hydroxyl groups is 1. The molecule has 7 heteroatoms. The van der Waals surface area contributed by atoms with Crippen molar-refractivity contribution in [2.24, 2.45) is 5.73 Å². The first-order chi connectivity index (χ1) is 13.3. The highest BCUT2D eigenvalue weighted by molar-refractivity contribution is 5.92. The maximum Gasteiger partial charge on any atom is 0.267 e. The molecular weight excluding hydrogens is 358 g/mol. The number of likely N-dealkylation sites (tertiary alicyclic amines) is 1. The van der Waals surface area contributed by atoms with Gasteiger partial charge in [-0.1, -0.05) is 24.3 Å². The van der Waals surface area contributed by atoms with Crippen molar-refractivity contribution >= 4 is 17.9 Å². The molecule has 1 unspecified atom stereocenters. The largest absolute Gasteiger partial charge is 0.494 e. The van der Waals surface area contributed by atoms with E-state index in [1.54, 1.807) is 26.1 Å². The molecule has 1 fully saturated rings. The number of likely N-dealkylation sites (N-methyl/N-ethyl adjacent to an activating group) is 1. The fourth-order valence-corrected chi connectivity index (χ4v) is 3.32. The van der Waals surface area contributed by atoms with Crippen molar-refractivity contribution < 1.29 is 19.4 Å². The maximum absolute atomic E-state index is 12.3. The van der Waals surface area contributed by atoms with Crippen LogP contribution in [0.5, 0.6) is 5.75 Å². The van der Waals surface area contributed by atoms with Crippen molar-refractivity contribution in [1.82, 2.24) is 9.88 Å². The van der Waals surface area contributed by atoms with Gasteiger partial charge < -0.3 is 20.5 Å². The maximum atomic E-state index is 12.3. The normalized spacial score (nSPS) is 19.8. The molecule has 1 aromatic heterocycles. The van der Waals surface area contributed by atoms with Gasteiger partial charge in [0, 0.05) is 25.6 Å². The highest BCUT2D eigenvalue weighted by Crippen LogP contribution is 2.32. The number of nitrogens with two attached hydrogens (primary N) is 1. The number of pyridine rings is 1. The molecule has 2 amide bonds. The number of carbonyl (C=O) groups is 2. The minimum atomic E-state index is -1.48. The van der Waals surface area contributed by atoms with E-state index < -0.39 is 11.5 Å². The van der Waals surface area contributed by atoms with Crippen molar-refractivity contribution in [2.45, 2.75) is 18.9 Å². The first-order valence-corrected chi connectivity index (χ1v) is 8.88. The van der Waals surface area contributed by atoms with Gasteiger partial charge in [0.25, 0.3) is 11.8 Å². The molecule has 0 spiro atoms. The van der Waals surface area contributed by atoms with Gasteiger partial charge in [0.1, 0.15) is 17.1 Å². The lowest BCUT2D eigenvalue weighted by Gasteiger charge is -2.22. The molecule has 1 aliphatic rings. The van der Waals surface area contributed by atoms with Crippen LogP contribution in [0.3, 0.4) is 0 Å². The third kappa shape index (κ3) is 3.48. The molecule has 7 nitrogen and oxygen atoms in total. The van der Waals surface area contributed by atoms with Gasteiger partial charge in [0.2, 0.25) is 0 Å². The summed E-state index contributed by atoms with van der Waals surface area (Å²) < 4.78 is 5.36. The van der Waals surface area contributed by atoms with Gasteiger partial charge in [-0.2, -0.15) is 0 Å². The van der Waals surface area contributed by atoms with E-state index in [1.165, 1.54) is 18.1 Å². The molecule has 0 aliphatic carbocycles. The Balaban J connectivity index is 2.01. The Hall–Kier alpha value is -3.19. The Bertz CT molecular complexity index is 970. The van der Waals surface area contributed by atoms with Gasteiger partial charge in [0.15, 0.2) is 5.60 Å². The van der Waals surface area contributed by atoms with E-state index in [2.05, 4.69) is 4.98 Å². The number of carbonyl (C=O) groups excluding carboxylic acids is 2. The molecule has 0 radical (unpaired) electrons. The average Bonchev–Trinajstić information content (AvgIpc) is 2.96. The molecule has 146 valence electrons. The molecule has 2 aromatic rings. The number of rotatable bonds is 5. The molecule has 1 saturated heterocycles. The lowest BCUT2D eigenvalue weighted by molar-refractivity contribution is -0.139. The molecule has 2 heterocycles. The minimum Gasteiger partial charge on any atom is -0.494 e. The van der Waals surface area contributed by atoms with Crippen molar-refractivity contribution in [3.63, 3.8) is 0 Å². The van der Waals surface area contributed by atoms with Crippen molar-refractivity contribution in [3.05, 3.63) is 53.2 Å². The predicted molar refractivity (Wildman–Crippen MR) is 106 cm³/mol. The summed E-state index contributed by atoms with van der Waals surface area (Å²) in [6.07, 6.45) is 2.14. The van der Waals surface area contributed by atoms with Crippen molar-refractivity contribution in [1.29, 1.82) is 0 Å². The van der Waals surface area contributed by atoms with Crippen LogP contribution in [-0.2, 0) is 4.79 Å². The smallest absolute Gasteiger partial charge is 0.267 e. The predicted octanol–water partition coefficient (Wildman–Crippen LogP) is 1.85. The second-order valence-corrected chi connectivity index (χ2v) is 6.90. The topological polar surface area (TPSA) is 106 Å². The Morgan fingerprint density at radius 1 is 1.36 bits per heavy atom. The number of nitrogens with zero attached hydrogens (tertiary/aromatic N) is 2. The van der Waals surface area contributed by atoms with Gasteiger partial charge in [0.05, 0.1) is 7.11 Å². The summed E-state index contributed by atoms with van der Waals surface area (Å²) in [6.45, 7) is 2.26. The van der Waals surface area contributed by atoms with Crippen LogP contribution in [0.1, 0.15) is 29.4 Å². The second kappa shape index (κ2) is 7.44. The Morgan fingerprint density at radius 2 is 2.11 bits per heavy atom. The summed E-state index contributed by atoms with van der Waals surface area (Å²) in [4.78, 5) is 29.6. The number of hydrogen-bond donors (Lipinski definition) is 2. The van der Waals surface area contributed by atoms with Gasteiger partial charge >= 0.3 is 0 Å². The second-order valence-electron chi connectivity index (χ2n) is 6.90. The molecule has 0 bridgehead atoms. The van der Waals surface area contributed by atoms with E-state index in [0.29, 0.717) is 30.0 Å². The summed E-state index contributed by atoms with van der Waals surface area (Å²) in [5.74, 6) is -0.411. The van der Waals surface area contributed by atoms with Crippen LogP contribution in [0, 0.1) is 0 Å². The highest BCUT2D eigenvalue weighted by atomic mass is 16.5. The third-order valence-corrected chi connectivity index (χ3v) is 5.04. The highest BCUT2D eigenvalue weighted by Gasteiger charge is 2.44. The summed E-state index contributed by atoms with van der Waals surface area (Å²) in [7, 11) is 3.20. The van der Waals surface area contributed by atoms with E-state index in [0.717, 1.165) is 11.1 Å². The fourth-order valence-electron chi connectivity index (χ4n) is 3.32. The zero-order valence-corrected chi connectivity index (χ0v) is 16.1. The first-order valence-electron chi connectivity index (χ1n) is 8.88. The SMILES string of the molecule is COc1ccc(C(N)=O)nc1-c1cccc(C=C(C)C2(O)CCN(C)C2=O)c1. The van der Waals surface area contributed by atoms with Crippen LogP contribution < -0.4 is 10.5 Å². The molecule has 1 atom stereocenters. The van der Waals surface area contributed by atoms with E-state index in [-0.39, 0.29) is 11.6 Å². The van der Waals surface area contributed by atoms with Crippen LogP contribution in [0.4, 0.5) is 0 Å². The Morgan fingerprint density at radius 3 is 2.71 bits per heavy atom. The van der Waals surface area contributed by atoms with Crippen LogP contribution in [-0.4, -0.2) is 53.1 Å². The van der Waals surface area contributed by atoms with Gasteiger partial charge in [-0.3, -0.25) is 9.59 Å². The summed E-state index contributed by atoms with van der Waals surface area (Å²) >= 11 is 0. The molecule has 1 aromatic carbocycles. The number of amides is 2. The molecule has 0 saturated carbocycles. The quantitative estimate of drug-likeness (QED) is 0.822. The molecule has 3 rings (SSSR count). The molecule has 28 heavy (non-hydrogen) atoms. The summed E-state index contributed by atoms with van der Waals surface area (Å²) in [6, 6.07) is 10.5. The minimum absolute atomic E-state index is 0.141. The third-order valence-electron chi connectivity index (χ3n) is 5.04. The molecule has 1 aliphatic heterocycles. The Kier molecular flexibility index (Phi) is 5.20. The van der Waals surface area contributed by atoms with Crippen LogP contribution in [0.15, 0.2) is 42.0 Å². The van der Waals surface area contributed by atoms with Gasteiger partial charge in [-0.15, -0.1) is 0 Å². The lowest BCUT2D eigenvalue weighted by atomic mass is 9.91. The van der Waals surface area contributed by atoms with Crippen molar-refractivity contribution in [2.75, 3.05) is 20.7 Å². The van der Waals surface area contributed by atoms with Crippen molar-refractivity contribution in [3.8, 4) is 17.0 Å². The van der Waals surface area contributed by atoms with E-state index in [1.807, 2.05) is 24.3 Å². The van der Waals surface area contributed by atoms with Crippen LogP contribution in [0.25, 0.3) is 17.3 Å². The zero-order valence-electron chi connectivity index (χ0n) is 16.1. The number of benzene rings is 1. The number of primary amides is 1.